The largest absolute Gasteiger partial charge is 0.492 e. The van der Waals surface area contributed by atoms with Crippen molar-refractivity contribution in [3.63, 3.8) is 0 Å². The molecule has 2 aromatic rings. The summed E-state index contributed by atoms with van der Waals surface area (Å²) < 4.78 is 32.3. The van der Waals surface area contributed by atoms with Gasteiger partial charge in [0, 0.05) is 13.1 Å². The molecule has 0 spiro atoms. The second kappa shape index (κ2) is 13.9. The average Bonchev–Trinajstić information content (AvgIpc) is 2.82. The van der Waals surface area contributed by atoms with Crippen LogP contribution >= 0.6 is 0 Å². The van der Waals surface area contributed by atoms with Gasteiger partial charge in [-0.1, -0.05) is 62.2 Å². The van der Waals surface area contributed by atoms with E-state index in [0.29, 0.717) is 25.3 Å². The van der Waals surface area contributed by atoms with E-state index >= 15 is 0 Å². The molecule has 0 saturated heterocycles. The molecular formula is C27H39N3O5S. The summed E-state index contributed by atoms with van der Waals surface area (Å²) in [5.74, 6) is -0.342. The van der Waals surface area contributed by atoms with Gasteiger partial charge < -0.3 is 15.0 Å². The number of ether oxygens (including phenoxy) is 1. The summed E-state index contributed by atoms with van der Waals surface area (Å²) in [5, 5.41) is 2.92. The Balaban J connectivity index is 2.45. The van der Waals surface area contributed by atoms with Crippen LogP contribution < -0.4 is 14.4 Å². The smallest absolute Gasteiger partial charge is 0.244 e. The van der Waals surface area contributed by atoms with Crippen molar-refractivity contribution in [1.29, 1.82) is 0 Å². The van der Waals surface area contributed by atoms with Gasteiger partial charge in [0.25, 0.3) is 0 Å². The summed E-state index contributed by atoms with van der Waals surface area (Å²) in [6.45, 7) is 8.25. The molecule has 0 fully saturated rings. The first-order valence-corrected chi connectivity index (χ1v) is 14.3. The molecule has 0 aliphatic heterocycles. The van der Waals surface area contributed by atoms with Gasteiger partial charge >= 0.3 is 0 Å². The Bertz CT molecular complexity index is 1120. The summed E-state index contributed by atoms with van der Waals surface area (Å²) in [4.78, 5) is 28.3. The number of benzene rings is 2. The lowest BCUT2D eigenvalue weighted by Gasteiger charge is -2.33. The number of carbonyl (C=O) groups excluding carboxylic acids is 2. The fraction of sp³-hybridized carbons (Fsp3) is 0.481. The summed E-state index contributed by atoms with van der Waals surface area (Å²) >= 11 is 0. The van der Waals surface area contributed by atoms with Crippen molar-refractivity contribution in [2.75, 3.05) is 30.3 Å². The molecule has 0 aliphatic carbocycles. The lowest BCUT2D eigenvalue weighted by Crippen LogP contribution is -2.52. The van der Waals surface area contributed by atoms with Crippen LogP contribution in [0.1, 0.15) is 51.2 Å². The molecule has 2 aromatic carbocycles. The molecule has 1 atom stereocenters. The number of sulfonamides is 1. The fourth-order valence-electron chi connectivity index (χ4n) is 3.97. The van der Waals surface area contributed by atoms with Crippen molar-refractivity contribution in [3.05, 3.63) is 59.7 Å². The minimum atomic E-state index is -3.83. The maximum absolute atomic E-state index is 13.8. The number of nitrogens with one attached hydrogen (secondary N) is 1. The molecule has 0 bridgehead atoms. The van der Waals surface area contributed by atoms with Crippen molar-refractivity contribution >= 4 is 27.5 Å². The van der Waals surface area contributed by atoms with Crippen LogP contribution in [0.15, 0.2) is 48.5 Å². The number of carbonyl (C=O) groups is 2. The third-order valence-electron chi connectivity index (χ3n) is 5.76. The first-order valence-electron chi connectivity index (χ1n) is 12.4. The van der Waals surface area contributed by atoms with Crippen molar-refractivity contribution < 1.29 is 22.7 Å². The third-order valence-corrected chi connectivity index (χ3v) is 6.89. The van der Waals surface area contributed by atoms with E-state index in [1.165, 1.54) is 4.90 Å². The summed E-state index contributed by atoms with van der Waals surface area (Å²) in [6.07, 6.45) is 3.22. The maximum Gasteiger partial charge on any atom is 0.244 e. The minimum absolute atomic E-state index is 0.185. The zero-order valence-electron chi connectivity index (χ0n) is 22.0. The van der Waals surface area contributed by atoms with Crippen molar-refractivity contribution in [2.45, 2.75) is 59.5 Å². The molecule has 0 heterocycles. The Labute approximate surface area is 215 Å². The Morgan fingerprint density at radius 1 is 1.06 bits per heavy atom. The van der Waals surface area contributed by atoms with Gasteiger partial charge in [-0.2, -0.15) is 0 Å². The van der Waals surface area contributed by atoms with Gasteiger partial charge in [-0.3, -0.25) is 13.9 Å². The zero-order valence-corrected chi connectivity index (χ0v) is 22.8. The van der Waals surface area contributed by atoms with Gasteiger partial charge in [0.05, 0.1) is 18.6 Å². The van der Waals surface area contributed by atoms with Gasteiger partial charge in [-0.15, -0.1) is 0 Å². The van der Waals surface area contributed by atoms with Gasteiger partial charge in [-0.25, -0.2) is 8.42 Å². The Morgan fingerprint density at radius 2 is 1.78 bits per heavy atom. The Hall–Kier alpha value is -3.07. The van der Waals surface area contributed by atoms with Gasteiger partial charge in [0.1, 0.15) is 18.3 Å². The van der Waals surface area contributed by atoms with E-state index in [2.05, 4.69) is 5.32 Å². The number of hydrogen-bond acceptors (Lipinski definition) is 5. The standard InChI is InChI=1S/C27H39N3O5S/c1-6-9-17-28-27(32)23(7-2)29(19-22-14-12-13-21(4)18-22)26(31)20-30(36(5,33)34)24-15-10-11-16-25(24)35-8-3/h10-16,18,23H,6-9,17,19-20H2,1-5H3,(H,28,32)/t23-/m0/s1. The van der Waals surface area contributed by atoms with E-state index in [1.54, 1.807) is 31.2 Å². The van der Waals surface area contributed by atoms with Crippen LogP contribution in [0.25, 0.3) is 0 Å². The molecule has 2 rings (SSSR count). The fourth-order valence-corrected chi connectivity index (χ4v) is 4.82. The highest BCUT2D eigenvalue weighted by atomic mass is 32.2. The minimum Gasteiger partial charge on any atom is -0.492 e. The predicted molar refractivity (Wildman–Crippen MR) is 144 cm³/mol. The van der Waals surface area contributed by atoms with Crippen LogP contribution in [0.3, 0.4) is 0 Å². The van der Waals surface area contributed by atoms with E-state index in [0.717, 1.165) is 34.5 Å². The molecule has 9 heteroatoms. The Morgan fingerprint density at radius 3 is 2.39 bits per heavy atom. The molecule has 0 saturated carbocycles. The van der Waals surface area contributed by atoms with Gasteiger partial charge in [0.15, 0.2) is 0 Å². The van der Waals surface area contributed by atoms with E-state index < -0.39 is 28.5 Å². The van der Waals surface area contributed by atoms with Crippen molar-refractivity contribution in [1.82, 2.24) is 10.2 Å². The highest BCUT2D eigenvalue weighted by molar-refractivity contribution is 7.92. The van der Waals surface area contributed by atoms with Crippen LogP contribution in [0.5, 0.6) is 5.75 Å². The number of rotatable bonds is 14. The van der Waals surface area contributed by atoms with Crippen molar-refractivity contribution in [2.24, 2.45) is 0 Å². The molecule has 0 unspecified atom stereocenters. The first-order chi connectivity index (χ1) is 17.1. The molecule has 8 nitrogen and oxygen atoms in total. The maximum atomic E-state index is 13.8. The van der Waals surface area contributed by atoms with E-state index in [9.17, 15) is 18.0 Å². The molecular weight excluding hydrogens is 478 g/mol. The highest BCUT2D eigenvalue weighted by Gasteiger charge is 2.32. The lowest BCUT2D eigenvalue weighted by molar-refractivity contribution is -0.140. The lowest BCUT2D eigenvalue weighted by atomic mass is 10.1. The molecule has 0 radical (unpaired) electrons. The topological polar surface area (TPSA) is 96.0 Å². The SMILES string of the molecule is CCCCNC(=O)[C@H](CC)N(Cc1cccc(C)c1)C(=O)CN(c1ccccc1OCC)S(C)(=O)=O. The molecule has 36 heavy (non-hydrogen) atoms. The van der Waals surface area contributed by atoms with Crippen LogP contribution in [-0.4, -0.2) is 57.1 Å². The molecule has 1 N–H and O–H groups in total. The number of amides is 2. The highest BCUT2D eigenvalue weighted by Crippen LogP contribution is 2.30. The number of aryl methyl sites for hydroxylation is 1. The number of unbranched alkanes of at least 4 members (excludes halogenated alkanes) is 1. The second-order valence-electron chi connectivity index (χ2n) is 8.75. The zero-order chi connectivity index (χ0) is 26.7. The second-order valence-corrected chi connectivity index (χ2v) is 10.7. The summed E-state index contributed by atoms with van der Waals surface area (Å²) in [6, 6.07) is 13.7. The van der Waals surface area contributed by atoms with E-state index in [1.807, 2.05) is 45.0 Å². The van der Waals surface area contributed by atoms with E-state index in [4.69, 9.17) is 4.74 Å². The average molecular weight is 518 g/mol. The quantitative estimate of drug-likeness (QED) is 0.384. The molecule has 0 aliphatic rings. The van der Waals surface area contributed by atoms with Crippen LogP contribution in [-0.2, 0) is 26.2 Å². The number of para-hydroxylation sites is 2. The normalized spacial score (nSPS) is 12.0. The van der Waals surface area contributed by atoms with Crippen LogP contribution in [0, 0.1) is 6.92 Å². The van der Waals surface area contributed by atoms with Gasteiger partial charge in [0.2, 0.25) is 21.8 Å². The van der Waals surface area contributed by atoms with Crippen molar-refractivity contribution in [3.8, 4) is 5.75 Å². The number of hydrogen-bond donors (Lipinski definition) is 1. The first kappa shape index (κ1) is 29.2. The molecule has 2 amide bonds. The predicted octanol–water partition coefficient (Wildman–Crippen LogP) is 3.88. The van der Waals surface area contributed by atoms with Crippen LogP contribution in [0.4, 0.5) is 5.69 Å². The number of anilines is 1. The monoisotopic (exact) mass is 517 g/mol. The molecule has 0 aromatic heterocycles. The summed E-state index contributed by atoms with van der Waals surface area (Å²) in [7, 11) is -3.83. The third kappa shape index (κ3) is 8.26. The molecule has 198 valence electrons. The summed E-state index contributed by atoms with van der Waals surface area (Å²) in [5.41, 5.74) is 2.18. The Kier molecular flexibility index (Phi) is 11.2. The van der Waals surface area contributed by atoms with Crippen LogP contribution in [0.2, 0.25) is 0 Å². The number of nitrogens with zero attached hydrogens (tertiary/aromatic N) is 2. The van der Waals surface area contributed by atoms with Gasteiger partial charge in [-0.05, 0) is 44.4 Å². The van der Waals surface area contributed by atoms with E-state index in [-0.39, 0.29) is 18.1 Å².